The lowest BCUT2D eigenvalue weighted by Gasteiger charge is -2.13. The summed E-state index contributed by atoms with van der Waals surface area (Å²) < 4.78 is 39.3. The van der Waals surface area contributed by atoms with E-state index in [0.29, 0.717) is 29.3 Å². The quantitative estimate of drug-likeness (QED) is 0.232. The first-order valence-corrected chi connectivity index (χ1v) is 14.9. The molecule has 0 aliphatic carbocycles. The van der Waals surface area contributed by atoms with E-state index in [1.807, 2.05) is 48.5 Å². The van der Waals surface area contributed by atoms with Crippen LogP contribution in [0.25, 0.3) is 10.9 Å². The van der Waals surface area contributed by atoms with Crippen LogP contribution in [0, 0.1) is 0 Å². The Kier molecular flexibility index (Phi) is 7.25. The van der Waals surface area contributed by atoms with Crippen LogP contribution in [0.3, 0.4) is 0 Å². The van der Waals surface area contributed by atoms with E-state index in [4.69, 9.17) is 21.1 Å². The summed E-state index contributed by atoms with van der Waals surface area (Å²) in [6.45, 7) is 0.987. The molecule has 0 saturated carbocycles. The molecule has 0 radical (unpaired) electrons. The van der Waals surface area contributed by atoms with Crippen LogP contribution in [0.15, 0.2) is 81.4 Å². The highest BCUT2D eigenvalue weighted by Crippen LogP contribution is 2.49. The Hall–Kier alpha value is -2.94. The van der Waals surface area contributed by atoms with Gasteiger partial charge in [0.05, 0.1) is 23.9 Å². The van der Waals surface area contributed by atoms with Crippen molar-refractivity contribution in [1.82, 2.24) is 4.57 Å². The summed E-state index contributed by atoms with van der Waals surface area (Å²) in [6.07, 6.45) is 2.21. The molecule has 0 bridgehead atoms. The van der Waals surface area contributed by atoms with Gasteiger partial charge in [0.2, 0.25) is 0 Å². The number of esters is 1. The van der Waals surface area contributed by atoms with Crippen LogP contribution in [0.5, 0.6) is 5.75 Å². The first-order chi connectivity index (χ1) is 17.7. The first-order valence-electron chi connectivity index (χ1n) is 11.8. The van der Waals surface area contributed by atoms with Crippen molar-refractivity contribution in [2.24, 2.45) is 0 Å². The maximum Gasteiger partial charge on any atom is 0.306 e. The summed E-state index contributed by atoms with van der Waals surface area (Å²) in [7, 11) is -2.23. The Balaban J connectivity index is 1.68. The maximum atomic E-state index is 13.1. The fourth-order valence-corrected chi connectivity index (χ4v) is 7.09. The van der Waals surface area contributed by atoms with Crippen LogP contribution in [-0.2, 0) is 32.5 Å². The number of rotatable bonds is 8. The van der Waals surface area contributed by atoms with Gasteiger partial charge in [0.1, 0.15) is 12.4 Å². The topological polar surface area (TPSA) is 74.6 Å². The lowest BCUT2D eigenvalue weighted by Crippen LogP contribution is -2.07. The van der Waals surface area contributed by atoms with E-state index in [0.717, 1.165) is 33.0 Å². The van der Waals surface area contributed by atoms with Crippen molar-refractivity contribution in [3.8, 4) is 5.75 Å². The molecular formula is C28H26ClNO5S2. The van der Waals surface area contributed by atoms with Crippen molar-refractivity contribution < 1.29 is 22.7 Å². The molecule has 0 fully saturated rings. The lowest BCUT2D eigenvalue weighted by atomic mass is 10.00. The summed E-state index contributed by atoms with van der Waals surface area (Å²) in [5.41, 5.74) is 2.72. The fourth-order valence-electron chi connectivity index (χ4n) is 4.79. The van der Waals surface area contributed by atoms with E-state index in [-0.39, 0.29) is 23.2 Å². The van der Waals surface area contributed by atoms with Crippen LogP contribution >= 0.6 is 23.4 Å². The highest BCUT2D eigenvalue weighted by Gasteiger charge is 2.34. The molecule has 0 amide bonds. The minimum Gasteiger partial charge on any atom is -0.489 e. The zero-order valence-electron chi connectivity index (χ0n) is 20.4. The van der Waals surface area contributed by atoms with Gasteiger partial charge in [-0.2, -0.15) is 0 Å². The van der Waals surface area contributed by atoms with Crippen LogP contribution in [-0.4, -0.2) is 32.3 Å². The average molecular weight is 556 g/mol. The fraction of sp³-hybridized carbons (Fsp3) is 0.250. The van der Waals surface area contributed by atoms with Crippen molar-refractivity contribution in [1.29, 1.82) is 0 Å². The maximum absolute atomic E-state index is 13.1. The van der Waals surface area contributed by atoms with E-state index in [1.165, 1.54) is 25.1 Å². The molecule has 1 aliphatic rings. The molecule has 0 N–H and O–H groups in total. The van der Waals surface area contributed by atoms with Gasteiger partial charge in [-0.3, -0.25) is 4.79 Å². The van der Waals surface area contributed by atoms with E-state index >= 15 is 0 Å². The third kappa shape index (κ3) is 5.37. The van der Waals surface area contributed by atoms with Crippen molar-refractivity contribution >= 4 is 50.1 Å². The highest BCUT2D eigenvalue weighted by atomic mass is 35.5. The van der Waals surface area contributed by atoms with Gasteiger partial charge in [0.25, 0.3) is 0 Å². The predicted molar refractivity (Wildman–Crippen MR) is 145 cm³/mol. The van der Waals surface area contributed by atoms with Gasteiger partial charge < -0.3 is 14.0 Å². The molecule has 1 aliphatic heterocycles. The molecule has 6 nitrogen and oxygen atoms in total. The predicted octanol–water partition coefficient (Wildman–Crippen LogP) is 6.48. The van der Waals surface area contributed by atoms with Gasteiger partial charge in [-0.1, -0.05) is 53.7 Å². The number of aromatic nitrogens is 1. The molecule has 3 aromatic carbocycles. The van der Waals surface area contributed by atoms with Crippen molar-refractivity contribution in [2.45, 2.75) is 46.6 Å². The largest absolute Gasteiger partial charge is 0.489 e. The number of carbonyl (C=O) groups excluding carboxylic acids is 1. The Morgan fingerprint density at radius 2 is 1.84 bits per heavy atom. The standard InChI is InChI=1S/C28H26ClNO5S2/c1-34-25(31)14-19-12-13-30-23-15-21(35-17-18-6-4-3-5-7-18)16-24(37(2,32)33)26(23)28(27(19)30)36-22-10-8-20(29)9-11-22/h3-11,15-16,19H,12-14,17H2,1-2H3. The van der Waals surface area contributed by atoms with Gasteiger partial charge in [0.15, 0.2) is 9.84 Å². The van der Waals surface area contributed by atoms with E-state index in [9.17, 15) is 13.2 Å². The number of fused-ring (bicyclic) bond motifs is 3. The first kappa shape index (κ1) is 25.7. The van der Waals surface area contributed by atoms with Crippen LogP contribution in [0.1, 0.15) is 30.0 Å². The zero-order chi connectivity index (χ0) is 26.2. The SMILES string of the molecule is COC(=O)CC1CCn2c1c(Sc1ccc(Cl)cc1)c1c(S(C)(=O)=O)cc(OCc3ccccc3)cc12. The molecule has 0 spiro atoms. The Morgan fingerprint density at radius 3 is 2.51 bits per heavy atom. The van der Waals surface area contributed by atoms with Gasteiger partial charge in [-0.25, -0.2) is 8.42 Å². The number of halogens is 1. The lowest BCUT2D eigenvalue weighted by molar-refractivity contribution is -0.141. The number of benzene rings is 3. The van der Waals surface area contributed by atoms with Gasteiger partial charge in [-0.05, 0) is 42.3 Å². The monoisotopic (exact) mass is 555 g/mol. The number of aryl methyl sites for hydroxylation is 1. The van der Waals surface area contributed by atoms with Gasteiger partial charge in [-0.15, -0.1) is 0 Å². The molecule has 4 aromatic rings. The Labute approximate surface area is 225 Å². The number of ether oxygens (including phenoxy) is 2. The number of sulfone groups is 1. The number of hydrogen-bond acceptors (Lipinski definition) is 6. The summed E-state index contributed by atoms with van der Waals surface area (Å²) in [4.78, 5) is 14.2. The molecule has 37 heavy (non-hydrogen) atoms. The molecule has 0 saturated heterocycles. The Bertz CT molecular complexity index is 1560. The van der Waals surface area contributed by atoms with E-state index in [1.54, 1.807) is 18.2 Å². The molecular weight excluding hydrogens is 530 g/mol. The smallest absolute Gasteiger partial charge is 0.306 e. The average Bonchev–Trinajstić information content (AvgIpc) is 3.42. The second kappa shape index (κ2) is 10.4. The highest BCUT2D eigenvalue weighted by molar-refractivity contribution is 7.99. The minimum atomic E-state index is -3.61. The number of hydrogen-bond donors (Lipinski definition) is 0. The second-order valence-corrected chi connectivity index (χ2v) is 12.6. The van der Waals surface area contributed by atoms with E-state index in [2.05, 4.69) is 4.57 Å². The van der Waals surface area contributed by atoms with Crippen LogP contribution in [0.2, 0.25) is 5.02 Å². The number of carbonyl (C=O) groups is 1. The second-order valence-electron chi connectivity index (χ2n) is 9.05. The van der Waals surface area contributed by atoms with Crippen molar-refractivity contribution in [3.63, 3.8) is 0 Å². The number of methoxy groups -OCH3 is 1. The van der Waals surface area contributed by atoms with Gasteiger partial charge in [0, 0.05) is 50.7 Å². The summed E-state index contributed by atoms with van der Waals surface area (Å²) in [5.74, 6) is 0.105. The van der Waals surface area contributed by atoms with Crippen molar-refractivity contribution in [3.05, 3.63) is 83.0 Å². The molecule has 2 heterocycles. The summed E-state index contributed by atoms with van der Waals surface area (Å²) in [5, 5.41) is 1.27. The van der Waals surface area contributed by atoms with E-state index < -0.39 is 9.84 Å². The summed E-state index contributed by atoms with van der Waals surface area (Å²) >= 11 is 7.58. The van der Waals surface area contributed by atoms with Gasteiger partial charge >= 0.3 is 5.97 Å². The molecule has 1 unspecified atom stereocenters. The molecule has 1 atom stereocenters. The van der Waals surface area contributed by atoms with Crippen molar-refractivity contribution in [2.75, 3.05) is 13.4 Å². The van der Waals surface area contributed by atoms with Crippen LogP contribution in [0.4, 0.5) is 0 Å². The third-order valence-corrected chi connectivity index (χ3v) is 9.00. The summed E-state index contributed by atoms with van der Waals surface area (Å²) in [6, 6.07) is 20.7. The number of nitrogens with zero attached hydrogens (tertiary/aromatic N) is 1. The minimum absolute atomic E-state index is 0.0873. The third-order valence-electron chi connectivity index (χ3n) is 6.51. The molecule has 1 aromatic heterocycles. The Morgan fingerprint density at radius 1 is 1.11 bits per heavy atom. The normalized spacial score (nSPS) is 15.1. The molecule has 192 valence electrons. The van der Waals surface area contributed by atoms with Crippen LogP contribution < -0.4 is 4.74 Å². The zero-order valence-corrected chi connectivity index (χ0v) is 22.8. The molecule has 5 rings (SSSR count). The molecule has 9 heteroatoms.